The molecular weight excluding hydrogens is 238 g/mol. The van der Waals surface area contributed by atoms with E-state index in [-0.39, 0.29) is 16.9 Å². The van der Waals surface area contributed by atoms with Crippen molar-refractivity contribution in [3.05, 3.63) is 34.4 Å². The second kappa shape index (κ2) is 6.24. The zero-order valence-electron chi connectivity index (χ0n) is 10.9. The van der Waals surface area contributed by atoms with Gasteiger partial charge in [0.1, 0.15) is 29.5 Å². The molecule has 4 heteroatoms. The number of phenols is 1. The van der Waals surface area contributed by atoms with Crippen LogP contribution < -0.4 is 0 Å². The molecular formula is C15H13N3O. The summed E-state index contributed by atoms with van der Waals surface area (Å²) < 4.78 is 0. The van der Waals surface area contributed by atoms with Crippen molar-refractivity contribution in [1.29, 1.82) is 15.8 Å². The Morgan fingerprint density at radius 3 is 1.79 bits per heavy atom. The molecule has 0 unspecified atom stereocenters. The summed E-state index contributed by atoms with van der Waals surface area (Å²) in [7, 11) is 0. The van der Waals surface area contributed by atoms with Crippen molar-refractivity contribution in [1.82, 2.24) is 0 Å². The van der Waals surface area contributed by atoms with Gasteiger partial charge in [-0.25, -0.2) is 0 Å². The first-order chi connectivity index (χ1) is 9.12. The Hall–Kier alpha value is -2.77. The van der Waals surface area contributed by atoms with E-state index in [1.54, 1.807) is 24.3 Å². The quantitative estimate of drug-likeness (QED) is 0.836. The van der Waals surface area contributed by atoms with Gasteiger partial charge in [-0.15, -0.1) is 0 Å². The van der Waals surface area contributed by atoms with Crippen LogP contribution in [0.1, 0.15) is 30.5 Å². The highest BCUT2D eigenvalue weighted by Crippen LogP contribution is 2.29. The van der Waals surface area contributed by atoms with Crippen LogP contribution in [0.15, 0.2) is 17.7 Å². The van der Waals surface area contributed by atoms with Crippen LogP contribution in [0.5, 0.6) is 5.75 Å². The number of nitriles is 3. The highest BCUT2D eigenvalue weighted by molar-refractivity contribution is 5.85. The normalized spacial score (nSPS) is 9.00. The van der Waals surface area contributed by atoms with Crippen LogP contribution in [0.4, 0.5) is 0 Å². The first kappa shape index (κ1) is 14.3. The SMILES string of the molecule is CCc1cc(C(C#N)=C(C#N)C#N)cc(CC)c1O. The Bertz CT molecular complexity index is 610. The van der Waals surface area contributed by atoms with Crippen molar-refractivity contribution in [2.45, 2.75) is 26.7 Å². The van der Waals surface area contributed by atoms with Crippen molar-refractivity contribution in [2.75, 3.05) is 0 Å². The van der Waals surface area contributed by atoms with E-state index in [1.807, 2.05) is 19.9 Å². The Labute approximate surface area is 112 Å². The lowest BCUT2D eigenvalue weighted by Crippen LogP contribution is -1.95. The summed E-state index contributed by atoms with van der Waals surface area (Å²) in [5.41, 5.74) is 1.76. The van der Waals surface area contributed by atoms with E-state index in [4.69, 9.17) is 15.8 Å². The molecule has 0 saturated carbocycles. The van der Waals surface area contributed by atoms with Crippen LogP contribution in [-0.2, 0) is 12.8 Å². The summed E-state index contributed by atoms with van der Waals surface area (Å²) >= 11 is 0. The number of nitrogens with zero attached hydrogens (tertiary/aromatic N) is 3. The molecule has 0 fully saturated rings. The zero-order chi connectivity index (χ0) is 14.4. The smallest absolute Gasteiger partial charge is 0.148 e. The van der Waals surface area contributed by atoms with E-state index in [9.17, 15) is 5.11 Å². The van der Waals surface area contributed by atoms with Gasteiger partial charge in [-0.2, -0.15) is 15.8 Å². The van der Waals surface area contributed by atoms with Crippen molar-refractivity contribution < 1.29 is 5.11 Å². The van der Waals surface area contributed by atoms with E-state index in [2.05, 4.69) is 0 Å². The maximum absolute atomic E-state index is 9.99. The molecule has 0 bridgehead atoms. The van der Waals surface area contributed by atoms with Gasteiger partial charge in [0.25, 0.3) is 0 Å². The van der Waals surface area contributed by atoms with Gasteiger partial charge in [0.2, 0.25) is 0 Å². The van der Waals surface area contributed by atoms with Crippen LogP contribution >= 0.6 is 0 Å². The molecule has 0 amide bonds. The lowest BCUT2D eigenvalue weighted by molar-refractivity contribution is 0.462. The van der Waals surface area contributed by atoms with Gasteiger partial charge in [-0.1, -0.05) is 13.8 Å². The summed E-state index contributed by atoms with van der Waals surface area (Å²) in [6, 6.07) is 8.65. The van der Waals surface area contributed by atoms with E-state index in [0.717, 1.165) is 0 Å². The first-order valence-electron chi connectivity index (χ1n) is 5.92. The third kappa shape index (κ3) is 2.73. The molecule has 19 heavy (non-hydrogen) atoms. The minimum absolute atomic E-state index is 0.0504. The monoisotopic (exact) mass is 251 g/mol. The summed E-state index contributed by atoms with van der Waals surface area (Å²) in [6.07, 6.45) is 1.22. The molecule has 1 aromatic rings. The number of hydrogen-bond donors (Lipinski definition) is 1. The van der Waals surface area contributed by atoms with Gasteiger partial charge in [-0.3, -0.25) is 0 Å². The second-order valence-corrected chi connectivity index (χ2v) is 3.94. The summed E-state index contributed by atoms with van der Waals surface area (Å²) in [5.74, 6) is 0.224. The molecule has 0 aliphatic heterocycles. The zero-order valence-corrected chi connectivity index (χ0v) is 10.9. The Morgan fingerprint density at radius 2 is 1.47 bits per heavy atom. The average molecular weight is 251 g/mol. The molecule has 4 nitrogen and oxygen atoms in total. The van der Waals surface area contributed by atoms with Gasteiger partial charge in [0.05, 0.1) is 5.57 Å². The number of aromatic hydroxyl groups is 1. The molecule has 0 aliphatic rings. The third-order valence-corrected chi connectivity index (χ3v) is 2.90. The molecule has 0 aliphatic carbocycles. The maximum atomic E-state index is 9.99. The van der Waals surface area contributed by atoms with E-state index >= 15 is 0 Å². The van der Waals surface area contributed by atoms with Gasteiger partial charge in [0, 0.05) is 0 Å². The molecule has 0 aromatic heterocycles. The molecule has 1 rings (SSSR count). The summed E-state index contributed by atoms with van der Waals surface area (Å²) in [5, 5.41) is 36.9. The molecule has 0 saturated heterocycles. The van der Waals surface area contributed by atoms with Gasteiger partial charge < -0.3 is 5.11 Å². The van der Waals surface area contributed by atoms with Crippen LogP contribution in [-0.4, -0.2) is 5.11 Å². The van der Waals surface area contributed by atoms with Crippen molar-refractivity contribution in [3.8, 4) is 24.0 Å². The second-order valence-electron chi connectivity index (χ2n) is 3.94. The number of phenolic OH excluding ortho intramolecular Hbond substituents is 1. The highest BCUT2D eigenvalue weighted by atomic mass is 16.3. The first-order valence-corrected chi connectivity index (χ1v) is 5.92. The van der Waals surface area contributed by atoms with Gasteiger partial charge in [-0.05, 0) is 41.7 Å². The molecule has 1 aromatic carbocycles. The minimum atomic E-state index is -0.211. The Morgan fingerprint density at radius 1 is 1.00 bits per heavy atom. The largest absolute Gasteiger partial charge is 0.507 e. The molecule has 94 valence electrons. The standard InChI is InChI=1S/C15H13N3O/c1-3-10-5-12(6-11(4-2)15(10)19)14(9-18)13(7-16)8-17/h5-6,19H,3-4H2,1-2H3. The summed E-state index contributed by atoms with van der Waals surface area (Å²) in [6.45, 7) is 3.78. The molecule has 0 heterocycles. The van der Waals surface area contributed by atoms with Crippen molar-refractivity contribution >= 4 is 5.57 Å². The van der Waals surface area contributed by atoms with Crippen LogP contribution in [0.3, 0.4) is 0 Å². The molecule has 1 N–H and O–H groups in total. The minimum Gasteiger partial charge on any atom is -0.507 e. The molecule has 0 radical (unpaired) electrons. The van der Waals surface area contributed by atoms with Crippen LogP contribution in [0, 0.1) is 34.0 Å². The van der Waals surface area contributed by atoms with Gasteiger partial charge in [0.15, 0.2) is 0 Å². The Balaban J connectivity index is 3.62. The maximum Gasteiger partial charge on any atom is 0.148 e. The van der Waals surface area contributed by atoms with Crippen molar-refractivity contribution in [2.24, 2.45) is 0 Å². The molecule has 0 atom stereocenters. The lowest BCUT2D eigenvalue weighted by atomic mass is 9.95. The fourth-order valence-corrected chi connectivity index (χ4v) is 1.84. The highest BCUT2D eigenvalue weighted by Gasteiger charge is 2.13. The number of benzene rings is 1. The van der Waals surface area contributed by atoms with Gasteiger partial charge >= 0.3 is 0 Å². The fourth-order valence-electron chi connectivity index (χ4n) is 1.84. The predicted octanol–water partition coefficient (Wildman–Crippen LogP) is 2.84. The van der Waals surface area contributed by atoms with Crippen LogP contribution in [0.2, 0.25) is 0 Å². The number of hydrogen-bond acceptors (Lipinski definition) is 4. The van der Waals surface area contributed by atoms with Crippen LogP contribution in [0.25, 0.3) is 5.57 Å². The van der Waals surface area contributed by atoms with Crippen molar-refractivity contribution in [3.63, 3.8) is 0 Å². The number of allylic oxidation sites excluding steroid dienone is 2. The molecule has 0 spiro atoms. The lowest BCUT2D eigenvalue weighted by Gasteiger charge is -2.10. The predicted molar refractivity (Wildman–Crippen MR) is 70.6 cm³/mol. The average Bonchev–Trinajstić information content (AvgIpc) is 2.45. The van der Waals surface area contributed by atoms with E-state index in [0.29, 0.717) is 29.5 Å². The fraction of sp³-hybridized carbons (Fsp3) is 0.267. The number of rotatable bonds is 3. The summed E-state index contributed by atoms with van der Waals surface area (Å²) in [4.78, 5) is 0. The third-order valence-electron chi connectivity index (χ3n) is 2.90. The number of aryl methyl sites for hydroxylation is 2. The van der Waals surface area contributed by atoms with E-state index in [1.165, 1.54) is 0 Å². The Kier molecular flexibility index (Phi) is 4.69. The van der Waals surface area contributed by atoms with E-state index < -0.39 is 0 Å². The topological polar surface area (TPSA) is 91.6 Å².